The smallest absolute Gasteiger partial charge is 0.325 e. The number of carbonyl (C=O) groups is 1. The molecule has 0 heterocycles. The molecule has 21 heavy (non-hydrogen) atoms. The van der Waals surface area contributed by atoms with Gasteiger partial charge in [-0.1, -0.05) is 42.5 Å². The zero-order valence-corrected chi connectivity index (χ0v) is 12.1. The van der Waals surface area contributed by atoms with Crippen molar-refractivity contribution in [3.8, 4) is 5.75 Å². The number of hydrogen-bond donors (Lipinski definition) is 2. The quantitative estimate of drug-likeness (QED) is 0.856. The van der Waals surface area contributed by atoms with Gasteiger partial charge in [0, 0.05) is 6.04 Å². The molecular formula is C17H19NO3. The van der Waals surface area contributed by atoms with Crippen molar-refractivity contribution in [1.82, 2.24) is 5.32 Å². The van der Waals surface area contributed by atoms with Crippen LogP contribution < -0.4 is 10.1 Å². The number of methoxy groups -OCH3 is 1. The molecule has 0 amide bonds. The fourth-order valence-electron chi connectivity index (χ4n) is 2.19. The maximum absolute atomic E-state index is 11.5. The predicted molar refractivity (Wildman–Crippen MR) is 81.4 cm³/mol. The van der Waals surface area contributed by atoms with E-state index in [0.717, 1.165) is 16.9 Å². The number of hydrogen-bond acceptors (Lipinski definition) is 3. The first kappa shape index (κ1) is 15.1. The van der Waals surface area contributed by atoms with E-state index in [2.05, 4.69) is 5.32 Å². The second-order valence-corrected chi connectivity index (χ2v) is 4.84. The zero-order chi connectivity index (χ0) is 15.2. The van der Waals surface area contributed by atoms with Crippen molar-refractivity contribution in [2.75, 3.05) is 7.11 Å². The second kappa shape index (κ2) is 6.90. The summed E-state index contributed by atoms with van der Waals surface area (Å²) in [5, 5.41) is 12.6. The lowest BCUT2D eigenvalue weighted by Gasteiger charge is -2.21. The summed E-state index contributed by atoms with van der Waals surface area (Å²) in [4.78, 5) is 11.5. The number of rotatable bonds is 6. The molecule has 0 aliphatic heterocycles. The van der Waals surface area contributed by atoms with Gasteiger partial charge in [0.25, 0.3) is 0 Å². The van der Waals surface area contributed by atoms with Crippen molar-refractivity contribution in [1.29, 1.82) is 0 Å². The summed E-state index contributed by atoms with van der Waals surface area (Å²) in [6, 6.07) is 15.9. The Labute approximate surface area is 124 Å². The lowest BCUT2D eigenvalue weighted by Crippen LogP contribution is -2.30. The molecule has 0 radical (unpaired) electrons. The Morgan fingerprint density at radius 1 is 1.05 bits per heavy atom. The van der Waals surface area contributed by atoms with Gasteiger partial charge in [0.2, 0.25) is 0 Å². The van der Waals surface area contributed by atoms with Gasteiger partial charge in [-0.25, -0.2) is 0 Å². The monoisotopic (exact) mass is 285 g/mol. The summed E-state index contributed by atoms with van der Waals surface area (Å²) < 4.78 is 5.12. The highest BCUT2D eigenvalue weighted by Crippen LogP contribution is 2.21. The Morgan fingerprint density at radius 3 is 2.19 bits per heavy atom. The van der Waals surface area contributed by atoms with E-state index in [9.17, 15) is 9.90 Å². The SMILES string of the molecule is COc1ccc(C(C)NC(C(=O)O)c2ccccc2)cc1. The summed E-state index contributed by atoms with van der Waals surface area (Å²) >= 11 is 0. The normalized spacial score (nSPS) is 13.4. The highest BCUT2D eigenvalue weighted by molar-refractivity contribution is 5.75. The third-order valence-corrected chi connectivity index (χ3v) is 3.41. The molecule has 2 N–H and O–H groups in total. The Hall–Kier alpha value is -2.33. The average Bonchev–Trinajstić information content (AvgIpc) is 2.53. The fraction of sp³-hybridized carbons (Fsp3) is 0.235. The van der Waals surface area contributed by atoms with Gasteiger partial charge in [-0.2, -0.15) is 0 Å². The summed E-state index contributed by atoms with van der Waals surface area (Å²) in [6.45, 7) is 1.95. The lowest BCUT2D eigenvalue weighted by molar-refractivity contribution is -0.139. The molecule has 2 atom stereocenters. The van der Waals surface area contributed by atoms with E-state index < -0.39 is 12.0 Å². The minimum absolute atomic E-state index is 0.0859. The minimum atomic E-state index is -0.887. The van der Waals surface area contributed by atoms with Crippen LogP contribution in [0.2, 0.25) is 0 Å². The van der Waals surface area contributed by atoms with Crippen LogP contribution in [0.5, 0.6) is 5.75 Å². The van der Waals surface area contributed by atoms with Crippen LogP contribution in [0.3, 0.4) is 0 Å². The molecule has 0 bridgehead atoms. The van der Waals surface area contributed by atoms with E-state index in [1.807, 2.05) is 61.5 Å². The summed E-state index contributed by atoms with van der Waals surface area (Å²) in [5.74, 6) is -0.106. The zero-order valence-electron chi connectivity index (χ0n) is 12.1. The topological polar surface area (TPSA) is 58.6 Å². The summed E-state index contributed by atoms with van der Waals surface area (Å²) in [7, 11) is 1.62. The van der Waals surface area contributed by atoms with Crippen molar-refractivity contribution in [3.63, 3.8) is 0 Å². The fourth-order valence-corrected chi connectivity index (χ4v) is 2.19. The Bertz CT molecular complexity index is 581. The molecule has 0 aliphatic rings. The number of benzene rings is 2. The molecule has 110 valence electrons. The molecule has 2 unspecified atom stereocenters. The third kappa shape index (κ3) is 3.83. The summed E-state index contributed by atoms with van der Waals surface area (Å²) in [6.07, 6.45) is 0. The van der Waals surface area contributed by atoms with E-state index in [4.69, 9.17) is 4.74 Å². The predicted octanol–water partition coefficient (Wildman–Crippen LogP) is 3.17. The Balaban J connectivity index is 2.14. The van der Waals surface area contributed by atoms with Crippen LogP contribution in [-0.2, 0) is 4.79 Å². The first-order valence-electron chi connectivity index (χ1n) is 6.79. The molecular weight excluding hydrogens is 266 g/mol. The van der Waals surface area contributed by atoms with Gasteiger partial charge >= 0.3 is 5.97 Å². The second-order valence-electron chi connectivity index (χ2n) is 4.84. The van der Waals surface area contributed by atoms with Crippen molar-refractivity contribution < 1.29 is 14.6 Å². The van der Waals surface area contributed by atoms with Crippen LogP contribution in [-0.4, -0.2) is 18.2 Å². The van der Waals surface area contributed by atoms with Crippen molar-refractivity contribution in [2.45, 2.75) is 19.0 Å². The average molecular weight is 285 g/mol. The van der Waals surface area contributed by atoms with Gasteiger partial charge in [0.05, 0.1) is 7.11 Å². The molecule has 0 spiro atoms. The van der Waals surface area contributed by atoms with E-state index in [1.165, 1.54) is 0 Å². The van der Waals surface area contributed by atoms with E-state index in [1.54, 1.807) is 7.11 Å². The lowest BCUT2D eigenvalue weighted by atomic mass is 10.0. The first-order chi connectivity index (χ1) is 10.1. The number of nitrogens with one attached hydrogen (secondary N) is 1. The largest absolute Gasteiger partial charge is 0.497 e. The molecule has 4 heteroatoms. The minimum Gasteiger partial charge on any atom is -0.497 e. The van der Waals surface area contributed by atoms with Gasteiger partial charge in [0.15, 0.2) is 0 Å². The highest BCUT2D eigenvalue weighted by atomic mass is 16.5. The van der Waals surface area contributed by atoms with Crippen LogP contribution in [0.15, 0.2) is 54.6 Å². The van der Waals surface area contributed by atoms with Crippen LogP contribution in [0.25, 0.3) is 0 Å². The maximum atomic E-state index is 11.5. The number of ether oxygens (including phenoxy) is 1. The number of carboxylic acids is 1. The van der Waals surface area contributed by atoms with Gasteiger partial charge in [-0.3, -0.25) is 10.1 Å². The van der Waals surface area contributed by atoms with Crippen LogP contribution >= 0.6 is 0 Å². The molecule has 2 aromatic carbocycles. The number of aliphatic carboxylic acids is 1. The maximum Gasteiger partial charge on any atom is 0.325 e. The standard InChI is InChI=1S/C17H19NO3/c1-12(13-8-10-15(21-2)11-9-13)18-16(17(19)20)14-6-4-3-5-7-14/h3-12,16,18H,1-2H3,(H,19,20). The first-order valence-corrected chi connectivity index (χ1v) is 6.79. The molecule has 2 rings (SSSR count). The van der Waals surface area contributed by atoms with Crippen LogP contribution in [0.4, 0.5) is 0 Å². The molecule has 0 saturated carbocycles. The molecule has 0 saturated heterocycles. The summed E-state index contributed by atoms with van der Waals surface area (Å²) in [5.41, 5.74) is 1.75. The van der Waals surface area contributed by atoms with Crippen molar-refractivity contribution in [2.24, 2.45) is 0 Å². The van der Waals surface area contributed by atoms with Crippen molar-refractivity contribution in [3.05, 3.63) is 65.7 Å². The molecule has 0 fully saturated rings. The van der Waals surface area contributed by atoms with Crippen molar-refractivity contribution >= 4 is 5.97 Å². The molecule has 0 aromatic heterocycles. The molecule has 4 nitrogen and oxygen atoms in total. The molecule has 0 aliphatic carbocycles. The Morgan fingerprint density at radius 2 is 1.67 bits per heavy atom. The van der Waals surface area contributed by atoms with Gasteiger partial charge in [0.1, 0.15) is 11.8 Å². The highest BCUT2D eigenvalue weighted by Gasteiger charge is 2.21. The van der Waals surface area contributed by atoms with Crippen LogP contribution in [0, 0.1) is 0 Å². The van der Waals surface area contributed by atoms with E-state index in [0.29, 0.717) is 0 Å². The molecule has 2 aromatic rings. The van der Waals surface area contributed by atoms with Crippen LogP contribution in [0.1, 0.15) is 30.1 Å². The Kier molecular flexibility index (Phi) is 4.95. The van der Waals surface area contributed by atoms with Gasteiger partial charge in [-0.05, 0) is 30.2 Å². The van der Waals surface area contributed by atoms with Gasteiger partial charge in [-0.15, -0.1) is 0 Å². The van der Waals surface area contributed by atoms with E-state index in [-0.39, 0.29) is 6.04 Å². The van der Waals surface area contributed by atoms with E-state index >= 15 is 0 Å². The van der Waals surface area contributed by atoms with Gasteiger partial charge < -0.3 is 9.84 Å². The number of carboxylic acid groups (broad SMARTS) is 1. The third-order valence-electron chi connectivity index (χ3n) is 3.41.